The predicted molar refractivity (Wildman–Crippen MR) is 96.2 cm³/mol. The minimum absolute atomic E-state index is 0.0354. The van der Waals surface area contributed by atoms with Crippen LogP contribution in [0.4, 0.5) is 4.79 Å². The zero-order chi connectivity index (χ0) is 18.8. The number of amides is 2. The molecule has 1 saturated heterocycles. The number of carbonyl (C=O) groups is 3. The molecule has 2 amide bonds. The predicted octanol–water partition coefficient (Wildman–Crippen LogP) is 1.98. The maximum atomic E-state index is 11.9. The van der Waals surface area contributed by atoms with Gasteiger partial charge in [-0.1, -0.05) is 30.3 Å². The van der Waals surface area contributed by atoms with E-state index in [0.29, 0.717) is 32.5 Å². The minimum Gasteiger partial charge on any atom is -0.452 e. The van der Waals surface area contributed by atoms with Gasteiger partial charge < -0.3 is 19.7 Å². The van der Waals surface area contributed by atoms with Gasteiger partial charge in [-0.15, -0.1) is 0 Å². The first-order valence-corrected chi connectivity index (χ1v) is 8.69. The van der Waals surface area contributed by atoms with Crippen molar-refractivity contribution in [3.63, 3.8) is 0 Å². The van der Waals surface area contributed by atoms with Gasteiger partial charge in [-0.25, -0.2) is 9.59 Å². The molecule has 7 nitrogen and oxygen atoms in total. The lowest BCUT2D eigenvalue weighted by Crippen LogP contribution is -2.47. The highest BCUT2D eigenvalue weighted by Crippen LogP contribution is 2.11. The molecule has 0 aliphatic carbocycles. The van der Waals surface area contributed by atoms with Crippen LogP contribution in [0.5, 0.6) is 0 Å². The summed E-state index contributed by atoms with van der Waals surface area (Å²) >= 11 is 0. The first-order chi connectivity index (χ1) is 12.6. The van der Waals surface area contributed by atoms with Gasteiger partial charge in [-0.2, -0.15) is 0 Å². The summed E-state index contributed by atoms with van der Waals surface area (Å²) in [5, 5.41) is 2.82. The van der Waals surface area contributed by atoms with E-state index in [1.165, 1.54) is 6.08 Å². The molecule has 0 atom stereocenters. The van der Waals surface area contributed by atoms with Crippen molar-refractivity contribution in [3.05, 3.63) is 42.0 Å². The number of piperidine rings is 1. The molecule has 0 radical (unpaired) electrons. The molecule has 0 saturated carbocycles. The maximum absolute atomic E-state index is 11.9. The highest BCUT2D eigenvalue weighted by Gasteiger charge is 2.24. The Bertz CT molecular complexity index is 637. The van der Waals surface area contributed by atoms with Crippen molar-refractivity contribution in [2.75, 3.05) is 26.3 Å². The zero-order valence-corrected chi connectivity index (χ0v) is 14.8. The molecule has 1 N–H and O–H groups in total. The normalized spacial score (nSPS) is 14.9. The lowest BCUT2D eigenvalue weighted by Gasteiger charge is -2.31. The summed E-state index contributed by atoms with van der Waals surface area (Å²) in [4.78, 5) is 36.8. The van der Waals surface area contributed by atoms with Crippen molar-refractivity contribution in [1.29, 1.82) is 0 Å². The Hall–Kier alpha value is -2.83. The highest BCUT2D eigenvalue weighted by molar-refractivity contribution is 5.89. The second kappa shape index (κ2) is 10.2. The second-order valence-corrected chi connectivity index (χ2v) is 5.88. The molecule has 0 unspecified atom stereocenters. The summed E-state index contributed by atoms with van der Waals surface area (Å²) in [7, 11) is 0. The van der Waals surface area contributed by atoms with Gasteiger partial charge in [0.2, 0.25) is 0 Å². The van der Waals surface area contributed by atoms with Crippen LogP contribution in [0.1, 0.15) is 25.3 Å². The number of benzene rings is 1. The lowest BCUT2D eigenvalue weighted by atomic mass is 10.1. The minimum atomic E-state index is -0.568. The van der Waals surface area contributed by atoms with Gasteiger partial charge in [-0.3, -0.25) is 4.79 Å². The van der Waals surface area contributed by atoms with Crippen LogP contribution in [0, 0.1) is 0 Å². The monoisotopic (exact) mass is 360 g/mol. The Balaban J connectivity index is 1.65. The summed E-state index contributed by atoms with van der Waals surface area (Å²) in [6.07, 6.45) is 3.89. The molecule has 1 fully saturated rings. The number of ether oxygens (including phenoxy) is 2. The van der Waals surface area contributed by atoms with Gasteiger partial charge in [0.1, 0.15) is 0 Å². The SMILES string of the molecule is CCOC(=O)N1CCC(NC(=O)COC(=O)/C=C/c2ccccc2)CC1. The first kappa shape index (κ1) is 19.5. The average Bonchev–Trinajstić information content (AvgIpc) is 2.66. The standard InChI is InChI=1S/C19H24N2O5/c1-2-25-19(24)21-12-10-16(11-13-21)20-17(22)14-26-18(23)9-8-15-6-4-3-5-7-15/h3-9,16H,2,10-14H2,1H3,(H,20,22)/b9-8+. The van der Waals surface area contributed by atoms with Crippen LogP contribution in [-0.2, 0) is 19.1 Å². The molecule has 0 aromatic heterocycles. The van der Waals surface area contributed by atoms with Crippen molar-refractivity contribution in [2.45, 2.75) is 25.8 Å². The smallest absolute Gasteiger partial charge is 0.409 e. The van der Waals surface area contributed by atoms with Crippen LogP contribution in [-0.4, -0.2) is 55.2 Å². The number of rotatable bonds is 6. The summed E-state index contributed by atoms with van der Waals surface area (Å²) in [5.74, 6) is -0.915. The molecular formula is C19H24N2O5. The molecule has 7 heteroatoms. The highest BCUT2D eigenvalue weighted by atomic mass is 16.6. The number of hydrogen-bond donors (Lipinski definition) is 1. The lowest BCUT2D eigenvalue weighted by molar-refractivity contribution is -0.144. The first-order valence-electron chi connectivity index (χ1n) is 8.69. The number of nitrogens with zero attached hydrogens (tertiary/aromatic N) is 1. The van der Waals surface area contributed by atoms with E-state index in [9.17, 15) is 14.4 Å². The molecule has 26 heavy (non-hydrogen) atoms. The largest absolute Gasteiger partial charge is 0.452 e. The fraction of sp³-hybridized carbons (Fsp3) is 0.421. The average molecular weight is 360 g/mol. The molecule has 1 aliphatic heterocycles. The van der Waals surface area contributed by atoms with Crippen molar-refractivity contribution in [3.8, 4) is 0 Å². The Morgan fingerprint density at radius 3 is 2.50 bits per heavy atom. The fourth-order valence-electron chi connectivity index (χ4n) is 2.60. The van der Waals surface area contributed by atoms with Crippen LogP contribution >= 0.6 is 0 Å². The molecule has 140 valence electrons. The maximum Gasteiger partial charge on any atom is 0.409 e. The molecule has 1 aromatic rings. The molecule has 1 heterocycles. The van der Waals surface area contributed by atoms with Crippen LogP contribution in [0.2, 0.25) is 0 Å². The van der Waals surface area contributed by atoms with E-state index in [2.05, 4.69) is 5.32 Å². The van der Waals surface area contributed by atoms with Crippen LogP contribution in [0.25, 0.3) is 6.08 Å². The van der Waals surface area contributed by atoms with Gasteiger partial charge in [-0.05, 0) is 31.4 Å². The molecule has 0 spiro atoms. The van der Waals surface area contributed by atoms with E-state index in [-0.39, 0.29) is 24.6 Å². The van der Waals surface area contributed by atoms with E-state index in [1.54, 1.807) is 17.9 Å². The number of likely N-dealkylation sites (tertiary alicyclic amines) is 1. The van der Waals surface area contributed by atoms with Gasteiger partial charge >= 0.3 is 12.1 Å². The topological polar surface area (TPSA) is 84.9 Å². The number of hydrogen-bond acceptors (Lipinski definition) is 5. The van der Waals surface area contributed by atoms with Crippen molar-refractivity contribution in [1.82, 2.24) is 10.2 Å². The number of nitrogens with one attached hydrogen (secondary N) is 1. The molecule has 1 aliphatic rings. The third-order valence-electron chi connectivity index (χ3n) is 3.94. The second-order valence-electron chi connectivity index (χ2n) is 5.88. The third-order valence-corrected chi connectivity index (χ3v) is 3.94. The van der Waals surface area contributed by atoms with Crippen LogP contribution in [0.15, 0.2) is 36.4 Å². The fourth-order valence-corrected chi connectivity index (χ4v) is 2.60. The van der Waals surface area contributed by atoms with E-state index >= 15 is 0 Å². The number of carbonyl (C=O) groups excluding carboxylic acids is 3. The van der Waals surface area contributed by atoms with Gasteiger partial charge in [0.15, 0.2) is 6.61 Å². The van der Waals surface area contributed by atoms with Gasteiger partial charge in [0.25, 0.3) is 5.91 Å². The number of esters is 1. The Labute approximate surface area is 153 Å². The molecule has 2 rings (SSSR count). The quantitative estimate of drug-likeness (QED) is 0.619. The van der Waals surface area contributed by atoms with Crippen molar-refractivity contribution in [2.24, 2.45) is 0 Å². The Morgan fingerprint density at radius 1 is 1.15 bits per heavy atom. The van der Waals surface area contributed by atoms with Crippen molar-refractivity contribution >= 4 is 24.0 Å². The molecule has 1 aromatic carbocycles. The van der Waals surface area contributed by atoms with E-state index < -0.39 is 5.97 Å². The summed E-state index contributed by atoms with van der Waals surface area (Å²) < 4.78 is 9.89. The van der Waals surface area contributed by atoms with Gasteiger partial charge in [0, 0.05) is 25.2 Å². The van der Waals surface area contributed by atoms with Crippen LogP contribution in [0.3, 0.4) is 0 Å². The van der Waals surface area contributed by atoms with Crippen molar-refractivity contribution < 1.29 is 23.9 Å². The van der Waals surface area contributed by atoms with Crippen LogP contribution < -0.4 is 5.32 Å². The Kier molecular flexibility index (Phi) is 7.67. The summed E-state index contributed by atoms with van der Waals surface area (Å²) in [5.41, 5.74) is 0.877. The van der Waals surface area contributed by atoms with E-state index in [0.717, 1.165) is 5.56 Å². The zero-order valence-electron chi connectivity index (χ0n) is 14.8. The Morgan fingerprint density at radius 2 is 1.85 bits per heavy atom. The summed E-state index contributed by atoms with van der Waals surface area (Å²) in [6.45, 7) is 2.85. The van der Waals surface area contributed by atoms with E-state index in [1.807, 2.05) is 30.3 Å². The van der Waals surface area contributed by atoms with E-state index in [4.69, 9.17) is 9.47 Å². The third kappa shape index (κ3) is 6.58. The van der Waals surface area contributed by atoms with Gasteiger partial charge in [0.05, 0.1) is 6.61 Å². The molecular weight excluding hydrogens is 336 g/mol. The molecule has 0 bridgehead atoms. The summed E-state index contributed by atoms with van der Waals surface area (Å²) in [6, 6.07) is 9.30.